The number of anilines is 1. The van der Waals surface area contributed by atoms with Gasteiger partial charge in [0.05, 0.1) is 6.10 Å². The van der Waals surface area contributed by atoms with Crippen molar-refractivity contribution in [1.82, 2.24) is 0 Å². The predicted octanol–water partition coefficient (Wildman–Crippen LogP) is 4.86. The van der Waals surface area contributed by atoms with Gasteiger partial charge in [0, 0.05) is 31.1 Å². The molecule has 7 heteroatoms. The van der Waals surface area contributed by atoms with Crippen LogP contribution in [0.4, 0.5) is 18.9 Å². The molecular formula is C20H22F3NO3. The molecule has 0 amide bonds. The molecule has 0 bridgehead atoms. The maximum atomic E-state index is 14.7. The monoisotopic (exact) mass is 381 g/mol. The number of para-hydroxylation sites is 1. The van der Waals surface area contributed by atoms with E-state index >= 15 is 0 Å². The summed E-state index contributed by atoms with van der Waals surface area (Å²) in [6, 6.07) is 7.39. The van der Waals surface area contributed by atoms with Gasteiger partial charge in [0.25, 0.3) is 0 Å². The number of carbonyl (C=O) groups is 1. The number of halogens is 3. The van der Waals surface area contributed by atoms with Crippen LogP contribution in [0, 0.1) is 17.5 Å². The second kappa shape index (κ2) is 8.79. The average molecular weight is 381 g/mol. The Morgan fingerprint density at radius 1 is 1.15 bits per heavy atom. The molecule has 0 spiro atoms. The minimum atomic E-state index is -1.32. The minimum Gasteiger partial charge on any atom is -0.490 e. The van der Waals surface area contributed by atoms with E-state index in [1.54, 1.807) is 32.0 Å². The van der Waals surface area contributed by atoms with Gasteiger partial charge in [-0.15, -0.1) is 0 Å². The number of aliphatic carboxylic acids is 1. The van der Waals surface area contributed by atoms with Crippen LogP contribution < -0.4 is 9.64 Å². The van der Waals surface area contributed by atoms with E-state index in [0.717, 1.165) is 6.07 Å². The minimum absolute atomic E-state index is 0.0754. The van der Waals surface area contributed by atoms with Gasteiger partial charge >= 0.3 is 5.97 Å². The highest BCUT2D eigenvalue weighted by Crippen LogP contribution is 2.37. The van der Waals surface area contributed by atoms with Crippen LogP contribution in [0.25, 0.3) is 11.1 Å². The standard InChI is InChI=1S/C20H22F3NO3/c1-12(2)27-16-8-5-4-7-13(16)14-11-15(21)20(19(23)18(14)22)24(3)10-6-9-17(25)26/h4-5,7-8,11-12H,6,9-10H2,1-3H3,(H,25,26). The summed E-state index contributed by atoms with van der Waals surface area (Å²) in [7, 11) is 1.39. The molecule has 0 saturated carbocycles. The largest absolute Gasteiger partial charge is 0.490 e. The average Bonchev–Trinajstić information content (AvgIpc) is 2.58. The van der Waals surface area contributed by atoms with Crippen molar-refractivity contribution in [1.29, 1.82) is 0 Å². The number of ether oxygens (including phenoxy) is 1. The van der Waals surface area contributed by atoms with Crippen LogP contribution in [0.1, 0.15) is 26.7 Å². The Morgan fingerprint density at radius 3 is 2.44 bits per heavy atom. The van der Waals surface area contributed by atoms with Gasteiger partial charge in [0.2, 0.25) is 0 Å². The van der Waals surface area contributed by atoms with Gasteiger partial charge in [-0.2, -0.15) is 0 Å². The first-order valence-electron chi connectivity index (χ1n) is 8.58. The lowest BCUT2D eigenvalue weighted by molar-refractivity contribution is -0.137. The number of carboxylic acid groups (broad SMARTS) is 1. The molecule has 0 atom stereocenters. The highest BCUT2D eigenvalue weighted by atomic mass is 19.2. The van der Waals surface area contributed by atoms with Crippen LogP contribution in [0.15, 0.2) is 30.3 Å². The summed E-state index contributed by atoms with van der Waals surface area (Å²) in [5, 5.41) is 8.66. The fourth-order valence-corrected chi connectivity index (χ4v) is 2.76. The molecule has 0 aliphatic rings. The second-order valence-corrected chi connectivity index (χ2v) is 6.46. The summed E-state index contributed by atoms with van der Waals surface area (Å²) in [6.07, 6.45) is -0.156. The summed E-state index contributed by atoms with van der Waals surface area (Å²) in [5.74, 6) is -4.11. The molecule has 2 aromatic rings. The summed E-state index contributed by atoms with van der Waals surface area (Å²) in [5.41, 5.74) is -0.505. The van der Waals surface area contributed by atoms with E-state index in [9.17, 15) is 18.0 Å². The van der Waals surface area contributed by atoms with Crippen LogP contribution in [-0.2, 0) is 4.79 Å². The number of hydrogen-bond donors (Lipinski definition) is 1. The van der Waals surface area contributed by atoms with Gasteiger partial charge in [-0.3, -0.25) is 4.79 Å². The van der Waals surface area contributed by atoms with E-state index in [2.05, 4.69) is 0 Å². The first-order chi connectivity index (χ1) is 12.7. The van der Waals surface area contributed by atoms with Crippen molar-refractivity contribution >= 4 is 11.7 Å². The number of hydrogen-bond acceptors (Lipinski definition) is 3. The van der Waals surface area contributed by atoms with E-state index in [0.29, 0.717) is 5.75 Å². The Bertz CT molecular complexity index is 824. The highest BCUT2D eigenvalue weighted by Gasteiger charge is 2.24. The Hall–Kier alpha value is -2.70. The van der Waals surface area contributed by atoms with E-state index in [-0.39, 0.29) is 36.6 Å². The fourth-order valence-electron chi connectivity index (χ4n) is 2.76. The third-order valence-corrected chi connectivity index (χ3v) is 3.94. The van der Waals surface area contributed by atoms with Gasteiger partial charge in [0.1, 0.15) is 17.3 Å². The summed E-state index contributed by atoms with van der Waals surface area (Å²) in [6.45, 7) is 3.67. The molecule has 2 rings (SSSR count). The molecule has 0 unspecified atom stereocenters. The molecule has 0 aliphatic heterocycles. The molecule has 2 aromatic carbocycles. The first kappa shape index (κ1) is 20.6. The molecule has 4 nitrogen and oxygen atoms in total. The SMILES string of the molecule is CC(C)Oc1ccccc1-c1cc(F)c(N(C)CCCC(=O)O)c(F)c1F. The lowest BCUT2D eigenvalue weighted by Crippen LogP contribution is -2.22. The van der Waals surface area contributed by atoms with Crippen molar-refractivity contribution in [2.24, 2.45) is 0 Å². The van der Waals surface area contributed by atoms with E-state index in [1.165, 1.54) is 18.0 Å². The molecule has 0 radical (unpaired) electrons. The van der Waals surface area contributed by atoms with Crippen molar-refractivity contribution < 1.29 is 27.8 Å². The quantitative estimate of drug-likeness (QED) is 0.664. The van der Waals surface area contributed by atoms with Crippen LogP contribution >= 0.6 is 0 Å². The molecule has 0 aromatic heterocycles. The first-order valence-corrected chi connectivity index (χ1v) is 8.58. The topological polar surface area (TPSA) is 49.8 Å². The molecule has 27 heavy (non-hydrogen) atoms. The number of carboxylic acids is 1. The van der Waals surface area contributed by atoms with Crippen molar-refractivity contribution in [3.05, 3.63) is 47.8 Å². The van der Waals surface area contributed by atoms with Gasteiger partial charge in [-0.05, 0) is 32.4 Å². The fraction of sp³-hybridized carbons (Fsp3) is 0.350. The molecule has 0 fully saturated rings. The van der Waals surface area contributed by atoms with Gasteiger partial charge in [-0.25, -0.2) is 13.2 Å². The predicted molar refractivity (Wildman–Crippen MR) is 97.7 cm³/mol. The van der Waals surface area contributed by atoms with E-state index < -0.39 is 29.1 Å². The number of rotatable bonds is 8. The van der Waals surface area contributed by atoms with Gasteiger partial charge in [0.15, 0.2) is 11.6 Å². The zero-order valence-electron chi connectivity index (χ0n) is 15.4. The van der Waals surface area contributed by atoms with Crippen LogP contribution in [-0.4, -0.2) is 30.8 Å². The summed E-state index contributed by atoms with van der Waals surface area (Å²) >= 11 is 0. The van der Waals surface area contributed by atoms with Gasteiger partial charge in [-0.1, -0.05) is 18.2 Å². The van der Waals surface area contributed by atoms with Crippen LogP contribution in [0.5, 0.6) is 5.75 Å². The van der Waals surface area contributed by atoms with Crippen molar-refractivity contribution in [3.8, 4) is 16.9 Å². The molecular weight excluding hydrogens is 359 g/mol. The normalized spacial score (nSPS) is 10.9. The number of nitrogens with zero attached hydrogens (tertiary/aromatic N) is 1. The highest BCUT2D eigenvalue weighted by molar-refractivity contribution is 5.73. The maximum Gasteiger partial charge on any atom is 0.303 e. The molecule has 146 valence electrons. The Labute approximate surface area is 156 Å². The Kier molecular flexibility index (Phi) is 6.71. The lowest BCUT2D eigenvalue weighted by Gasteiger charge is -2.22. The second-order valence-electron chi connectivity index (χ2n) is 6.46. The van der Waals surface area contributed by atoms with Crippen molar-refractivity contribution in [2.75, 3.05) is 18.5 Å². The third-order valence-electron chi connectivity index (χ3n) is 3.94. The molecule has 0 aliphatic carbocycles. The van der Waals surface area contributed by atoms with E-state index in [4.69, 9.17) is 9.84 Å². The number of benzene rings is 2. The van der Waals surface area contributed by atoms with Crippen molar-refractivity contribution in [2.45, 2.75) is 32.8 Å². The molecule has 1 N–H and O–H groups in total. The molecule has 0 saturated heterocycles. The summed E-state index contributed by atoms with van der Waals surface area (Å²) < 4.78 is 49.6. The zero-order valence-corrected chi connectivity index (χ0v) is 15.4. The summed E-state index contributed by atoms with van der Waals surface area (Å²) in [4.78, 5) is 11.8. The smallest absolute Gasteiger partial charge is 0.303 e. The van der Waals surface area contributed by atoms with Gasteiger partial charge < -0.3 is 14.7 Å². The zero-order chi connectivity index (χ0) is 20.1. The lowest BCUT2D eigenvalue weighted by atomic mass is 10.0. The van der Waals surface area contributed by atoms with E-state index in [1.807, 2.05) is 0 Å². The van der Waals surface area contributed by atoms with Crippen LogP contribution in [0.3, 0.4) is 0 Å². The Morgan fingerprint density at radius 2 is 1.81 bits per heavy atom. The Balaban J connectivity index is 2.42. The third kappa shape index (κ3) is 4.93. The molecule has 0 heterocycles. The maximum absolute atomic E-state index is 14.7. The van der Waals surface area contributed by atoms with Crippen molar-refractivity contribution in [3.63, 3.8) is 0 Å². The van der Waals surface area contributed by atoms with Crippen LogP contribution in [0.2, 0.25) is 0 Å².